The maximum absolute atomic E-state index is 13.4. The molecule has 2 rings (SSSR count). The summed E-state index contributed by atoms with van der Waals surface area (Å²) in [7, 11) is 0. The predicted octanol–water partition coefficient (Wildman–Crippen LogP) is 6.29. The van der Waals surface area contributed by atoms with Gasteiger partial charge in [0.1, 0.15) is 5.60 Å². The van der Waals surface area contributed by atoms with Crippen molar-refractivity contribution in [2.24, 2.45) is 11.8 Å². The van der Waals surface area contributed by atoms with E-state index in [0.29, 0.717) is 31.4 Å². The molecule has 0 aromatic heterocycles. The minimum absolute atomic E-state index is 0.0401. The molecule has 1 heterocycles. The third-order valence-electron chi connectivity index (χ3n) is 5.97. The number of halogens is 3. The number of alkyl carbamates (subject to hydrolysis) is 1. The van der Waals surface area contributed by atoms with E-state index in [9.17, 15) is 22.8 Å². The molecule has 5 nitrogen and oxygen atoms in total. The maximum Gasteiger partial charge on any atom is 0.416 e. The van der Waals surface area contributed by atoms with E-state index in [0.717, 1.165) is 6.07 Å². The van der Waals surface area contributed by atoms with E-state index in [-0.39, 0.29) is 35.9 Å². The number of hydrogen-bond acceptors (Lipinski definition) is 3. The van der Waals surface area contributed by atoms with Gasteiger partial charge in [-0.1, -0.05) is 45.0 Å². The Morgan fingerprint density at radius 2 is 1.79 bits per heavy atom. The standard InChI is InChI=1S/C26H37F3N2O3/c1-7-19(30-24(33)34-25(4,5)6)16-21(17(2)3)23(32)31-14-12-18(13-15-31)20-10-8-9-11-22(20)26(27,28)29/h8-12,17,19,21H,7,13-16H2,1-6H3,(H,30,33). The molecule has 1 aliphatic heterocycles. The summed E-state index contributed by atoms with van der Waals surface area (Å²) in [6.45, 7) is 11.9. The second kappa shape index (κ2) is 11.3. The number of nitrogens with zero attached hydrogens (tertiary/aromatic N) is 1. The molecule has 1 N–H and O–H groups in total. The fraction of sp³-hybridized carbons (Fsp3) is 0.615. The van der Waals surface area contributed by atoms with Crippen molar-refractivity contribution in [3.05, 3.63) is 41.5 Å². The van der Waals surface area contributed by atoms with Crippen molar-refractivity contribution in [1.29, 1.82) is 0 Å². The molecule has 190 valence electrons. The average molecular weight is 483 g/mol. The Hall–Kier alpha value is -2.51. The molecule has 1 aromatic rings. The minimum Gasteiger partial charge on any atom is -0.444 e. The lowest BCUT2D eigenvalue weighted by Crippen LogP contribution is -2.45. The van der Waals surface area contributed by atoms with Crippen LogP contribution in [0.2, 0.25) is 0 Å². The van der Waals surface area contributed by atoms with Gasteiger partial charge in [0.15, 0.2) is 0 Å². The average Bonchev–Trinajstić information content (AvgIpc) is 2.74. The summed E-state index contributed by atoms with van der Waals surface area (Å²) < 4.78 is 45.6. The van der Waals surface area contributed by atoms with Gasteiger partial charge in [0.25, 0.3) is 0 Å². The van der Waals surface area contributed by atoms with Crippen LogP contribution in [0.3, 0.4) is 0 Å². The van der Waals surface area contributed by atoms with Crippen molar-refractivity contribution in [2.75, 3.05) is 13.1 Å². The third kappa shape index (κ3) is 7.77. The third-order valence-corrected chi connectivity index (χ3v) is 5.97. The van der Waals surface area contributed by atoms with Crippen molar-refractivity contribution in [3.8, 4) is 0 Å². The molecule has 0 radical (unpaired) electrons. The molecule has 1 aromatic carbocycles. The number of amides is 2. The van der Waals surface area contributed by atoms with Crippen molar-refractivity contribution >= 4 is 17.6 Å². The molecule has 2 amide bonds. The van der Waals surface area contributed by atoms with Crippen LogP contribution in [-0.4, -0.2) is 41.6 Å². The first-order valence-corrected chi connectivity index (χ1v) is 11.9. The van der Waals surface area contributed by atoms with E-state index in [1.165, 1.54) is 12.1 Å². The Kier molecular flexibility index (Phi) is 9.20. The van der Waals surface area contributed by atoms with Gasteiger partial charge in [-0.3, -0.25) is 4.79 Å². The number of rotatable bonds is 7. The molecule has 2 atom stereocenters. The van der Waals surface area contributed by atoms with Gasteiger partial charge in [0, 0.05) is 25.0 Å². The number of benzene rings is 1. The largest absolute Gasteiger partial charge is 0.444 e. The van der Waals surface area contributed by atoms with Crippen LogP contribution in [-0.2, 0) is 15.7 Å². The van der Waals surface area contributed by atoms with Crippen molar-refractivity contribution in [1.82, 2.24) is 10.2 Å². The van der Waals surface area contributed by atoms with Gasteiger partial charge >= 0.3 is 12.3 Å². The number of ether oxygens (including phenoxy) is 1. The quantitative estimate of drug-likeness (QED) is 0.497. The Morgan fingerprint density at radius 1 is 1.15 bits per heavy atom. The van der Waals surface area contributed by atoms with Crippen LogP contribution in [0.25, 0.3) is 5.57 Å². The molecule has 0 saturated heterocycles. The smallest absolute Gasteiger partial charge is 0.416 e. The van der Waals surface area contributed by atoms with Crippen LogP contribution in [0.4, 0.5) is 18.0 Å². The highest BCUT2D eigenvalue weighted by atomic mass is 19.4. The van der Waals surface area contributed by atoms with E-state index < -0.39 is 23.4 Å². The monoisotopic (exact) mass is 482 g/mol. The molecule has 8 heteroatoms. The van der Waals surface area contributed by atoms with Crippen LogP contribution in [0.5, 0.6) is 0 Å². The van der Waals surface area contributed by atoms with Crippen LogP contribution in [0.15, 0.2) is 30.3 Å². The molecule has 0 fully saturated rings. The van der Waals surface area contributed by atoms with Gasteiger partial charge in [-0.2, -0.15) is 13.2 Å². The second-order valence-electron chi connectivity index (χ2n) is 10.1. The summed E-state index contributed by atoms with van der Waals surface area (Å²) in [6.07, 6.45) is -1.74. The Bertz CT molecular complexity index is 888. The van der Waals surface area contributed by atoms with E-state index in [2.05, 4.69) is 5.32 Å². The molecule has 0 bridgehead atoms. The lowest BCUT2D eigenvalue weighted by Gasteiger charge is -2.33. The molecular weight excluding hydrogens is 445 g/mol. The minimum atomic E-state index is -4.43. The summed E-state index contributed by atoms with van der Waals surface area (Å²) in [6, 6.07) is 5.33. The topological polar surface area (TPSA) is 58.6 Å². The number of nitrogens with one attached hydrogen (secondary N) is 1. The highest BCUT2D eigenvalue weighted by molar-refractivity contribution is 5.81. The summed E-state index contributed by atoms with van der Waals surface area (Å²) in [5, 5.41) is 2.86. The van der Waals surface area contributed by atoms with E-state index >= 15 is 0 Å². The fourth-order valence-corrected chi connectivity index (χ4v) is 4.13. The highest BCUT2D eigenvalue weighted by Crippen LogP contribution is 2.37. The summed E-state index contributed by atoms with van der Waals surface area (Å²) in [4.78, 5) is 27.3. The molecule has 34 heavy (non-hydrogen) atoms. The van der Waals surface area contributed by atoms with Crippen molar-refractivity contribution in [2.45, 2.75) is 78.6 Å². The molecule has 0 spiro atoms. The van der Waals surface area contributed by atoms with Crippen LogP contribution in [0.1, 0.15) is 71.9 Å². The SMILES string of the molecule is CCC(CC(C(=O)N1CC=C(c2ccccc2C(F)(F)F)CC1)C(C)C)NC(=O)OC(C)(C)C. The molecular formula is C26H37F3N2O3. The van der Waals surface area contributed by atoms with E-state index in [1.54, 1.807) is 37.8 Å². The zero-order valence-corrected chi connectivity index (χ0v) is 21.0. The zero-order valence-electron chi connectivity index (χ0n) is 21.0. The first-order chi connectivity index (χ1) is 15.7. The second-order valence-corrected chi connectivity index (χ2v) is 10.1. The Morgan fingerprint density at radius 3 is 2.29 bits per heavy atom. The van der Waals surface area contributed by atoms with Gasteiger partial charge < -0.3 is 15.0 Å². The number of carbonyl (C=O) groups excluding carboxylic acids is 2. The summed E-state index contributed by atoms with van der Waals surface area (Å²) in [5.74, 6) is -0.325. The summed E-state index contributed by atoms with van der Waals surface area (Å²) in [5.41, 5.74) is -0.482. The summed E-state index contributed by atoms with van der Waals surface area (Å²) >= 11 is 0. The number of carbonyl (C=O) groups is 2. The first-order valence-electron chi connectivity index (χ1n) is 11.9. The van der Waals surface area contributed by atoms with E-state index in [4.69, 9.17) is 4.74 Å². The zero-order chi connectivity index (χ0) is 25.7. The first kappa shape index (κ1) is 27.7. The van der Waals surface area contributed by atoms with Gasteiger partial charge in [-0.05, 0) is 63.2 Å². The van der Waals surface area contributed by atoms with Gasteiger partial charge in [-0.25, -0.2) is 4.79 Å². The van der Waals surface area contributed by atoms with Gasteiger partial charge in [0.2, 0.25) is 5.91 Å². The maximum atomic E-state index is 13.4. The van der Waals surface area contributed by atoms with Crippen molar-refractivity contribution in [3.63, 3.8) is 0 Å². The van der Waals surface area contributed by atoms with Crippen LogP contribution >= 0.6 is 0 Å². The lowest BCUT2D eigenvalue weighted by molar-refractivity contribution is -0.138. The van der Waals surface area contributed by atoms with Crippen LogP contribution < -0.4 is 5.32 Å². The molecule has 2 unspecified atom stereocenters. The Balaban J connectivity index is 2.10. The predicted molar refractivity (Wildman–Crippen MR) is 127 cm³/mol. The van der Waals surface area contributed by atoms with Crippen molar-refractivity contribution < 1.29 is 27.5 Å². The van der Waals surface area contributed by atoms with Gasteiger partial charge in [0.05, 0.1) is 5.56 Å². The lowest BCUT2D eigenvalue weighted by atomic mass is 9.86. The highest BCUT2D eigenvalue weighted by Gasteiger charge is 2.35. The van der Waals surface area contributed by atoms with Gasteiger partial charge in [-0.15, -0.1) is 0 Å². The Labute approximate surface area is 200 Å². The fourth-order valence-electron chi connectivity index (χ4n) is 4.13. The number of alkyl halides is 3. The number of hydrogen-bond donors (Lipinski definition) is 1. The molecule has 1 aliphatic rings. The normalized spacial score (nSPS) is 16.6. The van der Waals surface area contributed by atoms with Crippen LogP contribution in [0, 0.1) is 11.8 Å². The van der Waals surface area contributed by atoms with E-state index in [1.807, 2.05) is 20.8 Å². The molecule has 0 saturated carbocycles. The molecule has 0 aliphatic carbocycles.